The van der Waals surface area contributed by atoms with Crippen LogP contribution in [0.1, 0.15) is 11.1 Å². The summed E-state index contributed by atoms with van der Waals surface area (Å²) >= 11 is 5.27. The summed E-state index contributed by atoms with van der Waals surface area (Å²) in [5, 5.41) is 10.4. The number of ketones is 1. The molecule has 1 N–H and O–H groups in total. The molecule has 0 spiro atoms. The molecule has 1 heterocycles. The van der Waals surface area contributed by atoms with E-state index in [-0.39, 0.29) is 16.3 Å². The van der Waals surface area contributed by atoms with E-state index in [1.807, 2.05) is 19.1 Å². The number of nitrogens with zero attached hydrogens (tertiary/aromatic N) is 1. The molecule has 4 nitrogen and oxygen atoms in total. The Morgan fingerprint density at radius 3 is 2.22 bits per heavy atom. The molecule has 0 aromatic heterocycles. The van der Waals surface area contributed by atoms with Crippen molar-refractivity contribution in [3.63, 3.8) is 0 Å². The van der Waals surface area contributed by atoms with E-state index in [4.69, 9.17) is 12.2 Å². The molecule has 0 atom stereocenters. The number of hydrogen-bond donors (Lipinski definition) is 1. The SMILES string of the molecule is Cc1ccc(/C(O)=C2/C(=O)C(=O)N(c3ccccc3)C2=S)cc1. The molecular weight excluding hydrogens is 310 g/mol. The topological polar surface area (TPSA) is 57.6 Å². The van der Waals surface area contributed by atoms with Crippen molar-refractivity contribution in [2.75, 3.05) is 4.90 Å². The number of aliphatic hydroxyl groups excluding tert-OH is 1. The van der Waals surface area contributed by atoms with Crippen molar-refractivity contribution in [2.45, 2.75) is 6.92 Å². The van der Waals surface area contributed by atoms with Crippen LogP contribution in [0.25, 0.3) is 5.76 Å². The number of carbonyl (C=O) groups excluding carboxylic acids is 2. The van der Waals surface area contributed by atoms with Crippen LogP contribution in [-0.2, 0) is 9.59 Å². The van der Waals surface area contributed by atoms with Gasteiger partial charge in [0.1, 0.15) is 16.3 Å². The zero-order valence-electron chi connectivity index (χ0n) is 12.3. The van der Waals surface area contributed by atoms with E-state index in [0.29, 0.717) is 11.3 Å². The number of aryl methyl sites for hydroxylation is 1. The van der Waals surface area contributed by atoms with Gasteiger partial charge in [-0.15, -0.1) is 0 Å². The van der Waals surface area contributed by atoms with Gasteiger partial charge in [0.2, 0.25) is 0 Å². The lowest BCUT2D eigenvalue weighted by molar-refractivity contribution is -0.132. The highest BCUT2D eigenvalue weighted by atomic mass is 32.1. The van der Waals surface area contributed by atoms with Crippen LogP contribution < -0.4 is 4.90 Å². The number of Topliss-reactive ketones (excluding diaryl/α,β-unsaturated/α-hetero) is 1. The van der Waals surface area contributed by atoms with E-state index in [0.717, 1.165) is 10.5 Å². The van der Waals surface area contributed by atoms with Gasteiger partial charge in [0.15, 0.2) is 0 Å². The standard InChI is InChI=1S/C18H13NO3S/c1-11-7-9-12(10-8-11)15(20)14-16(21)17(22)19(18(14)23)13-5-3-2-4-6-13/h2-10,20H,1H3/b15-14+. The van der Waals surface area contributed by atoms with Crippen molar-refractivity contribution in [3.8, 4) is 0 Å². The average molecular weight is 323 g/mol. The molecule has 0 unspecified atom stereocenters. The number of anilines is 1. The number of carbonyl (C=O) groups is 2. The molecule has 1 aliphatic heterocycles. The van der Waals surface area contributed by atoms with E-state index in [1.165, 1.54) is 0 Å². The minimum Gasteiger partial charge on any atom is -0.506 e. The van der Waals surface area contributed by atoms with E-state index in [9.17, 15) is 14.7 Å². The van der Waals surface area contributed by atoms with Crippen molar-refractivity contribution in [2.24, 2.45) is 0 Å². The second-order valence-electron chi connectivity index (χ2n) is 5.20. The van der Waals surface area contributed by atoms with Crippen molar-refractivity contribution >= 4 is 40.3 Å². The summed E-state index contributed by atoms with van der Waals surface area (Å²) in [6.07, 6.45) is 0. The number of rotatable bonds is 2. The Morgan fingerprint density at radius 1 is 1.00 bits per heavy atom. The zero-order valence-corrected chi connectivity index (χ0v) is 13.1. The lowest BCUT2D eigenvalue weighted by atomic mass is 10.1. The Labute approximate surface area is 138 Å². The first-order chi connectivity index (χ1) is 11.0. The smallest absolute Gasteiger partial charge is 0.304 e. The quantitative estimate of drug-likeness (QED) is 0.399. The van der Waals surface area contributed by atoms with Crippen molar-refractivity contribution in [1.82, 2.24) is 0 Å². The monoisotopic (exact) mass is 323 g/mol. The fourth-order valence-corrected chi connectivity index (χ4v) is 2.76. The molecule has 0 saturated carbocycles. The molecule has 2 aromatic rings. The minimum absolute atomic E-state index is 0.0178. The Bertz CT molecular complexity index is 838. The Kier molecular flexibility index (Phi) is 3.80. The molecule has 114 valence electrons. The second-order valence-corrected chi connectivity index (χ2v) is 5.59. The van der Waals surface area contributed by atoms with Crippen LogP contribution in [0, 0.1) is 6.92 Å². The number of aliphatic hydroxyl groups is 1. The first-order valence-corrected chi connectivity index (χ1v) is 7.40. The Hall–Kier alpha value is -2.79. The highest BCUT2D eigenvalue weighted by molar-refractivity contribution is 7.81. The van der Waals surface area contributed by atoms with Crippen LogP contribution in [0.4, 0.5) is 5.69 Å². The lowest BCUT2D eigenvalue weighted by Crippen LogP contribution is -2.29. The molecule has 1 saturated heterocycles. The molecule has 0 bridgehead atoms. The Morgan fingerprint density at radius 2 is 1.61 bits per heavy atom. The molecule has 1 fully saturated rings. The maximum Gasteiger partial charge on any atom is 0.304 e. The summed E-state index contributed by atoms with van der Waals surface area (Å²) < 4.78 is 0. The average Bonchev–Trinajstić information content (AvgIpc) is 2.78. The fraction of sp³-hybridized carbons (Fsp3) is 0.0556. The molecule has 5 heteroatoms. The third kappa shape index (κ3) is 2.55. The Balaban J connectivity index is 2.09. The van der Waals surface area contributed by atoms with Crippen LogP contribution >= 0.6 is 12.2 Å². The van der Waals surface area contributed by atoms with Crippen LogP contribution in [0.5, 0.6) is 0 Å². The number of benzene rings is 2. The van der Waals surface area contributed by atoms with Gasteiger partial charge in [-0.05, 0) is 19.1 Å². The number of para-hydroxylation sites is 1. The normalized spacial score (nSPS) is 16.9. The molecule has 23 heavy (non-hydrogen) atoms. The van der Waals surface area contributed by atoms with Gasteiger partial charge in [0, 0.05) is 5.56 Å². The molecule has 0 radical (unpaired) electrons. The van der Waals surface area contributed by atoms with E-state index >= 15 is 0 Å². The molecular formula is C18H13NO3S. The number of amides is 1. The van der Waals surface area contributed by atoms with E-state index in [2.05, 4.69) is 0 Å². The summed E-state index contributed by atoms with van der Waals surface area (Å²) in [5.41, 5.74) is 1.85. The maximum absolute atomic E-state index is 12.3. The van der Waals surface area contributed by atoms with Crippen LogP contribution in [0.2, 0.25) is 0 Å². The second kappa shape index (κ2) is 5.78. The van der Waals surface area contributed by atoms with Crippen LogP contribution in [0.3, 0.4) is 0 Å². The largest absolute Gasteiger partial charge is 0.506 e. The number of thiocarbonyl (C=S) groups is 1. The third-order valence-corrected chi connectivity index (χ3v) is 4.00. The summed E-state index contributed by atoms with van der Waals surface area (Å²) in [7, 11) is 0. The van der Waals surface area contributed by atoms with Crippen molar-refractivity contribution in [1.29, 1.82) is 0 Å². The molecule has 0 aliphatic carbocycles. The summed E-state index contributed by atoms with van der Waals surface area (Å²) in [4.78, 5) is 25.7. The predicted molar refractivity (Wildman–Crippen MR) is 92.3 cm³/mol. The molecule has 2 aromatic carbocycles. The predicted octanol–water partition coefficient (Wildman–Crippen LogP) is 3.21. The van der Waals surface area contributed by atoms with Gasteiger partial charge >= 0.3 is 5.91 Å². The van der Waals surface area contributed by atoms with Crippen LogP contribution in [-0.4, -0.2) is 21.8 Å². The maximum atomic E-state index is 12.3. The van der Waals surface area contributed by atoms with Gasteiger partial charge < -0.3 is 5.11 Å². The summed E-state index contributed by atoms with van der Waals surface area (Å²) in [5.74, 6) is -1.82. The highest BCUT2D eigenvalue weighted by Crippen LogP contribution is 2.29. The summed E-state index contributed by atoms with van der Waals surface area (Å²) in [6.45, 7) is 1.92. The number of hydrogen-bond acceptors (Lipinski definition) is 4. The molecule has 1 aliphatic rings. The van der Waals surface area contributed by atoms with Gasteiger partial charge in [0.25, 0.3) is 5.78 Å². The van der Waals surface area contributed by atoms with Gasteiger partial charge in [-0.3, -0.25) is 14.5 Å². The lowest BCUT2D eigenvalue weighted by Gasteiger charge is -2.14. The fourth-order valence-electron chi connectivity index (χ4n) is 2.39. The highest BCUT2D eigenvalue weighted by Gasteiger charge is 2.42. The third-order valence-electron chi connectivity index (χ3n) is 3.62. The first-order valence-electron chi connectivity index (χ1n) is 6.99. The minimum atomic E-state index is -0.795. The van der Waals surface area contributed by atoms with Crippen molar-refractivity contribution < 1.29 is 14.7 Å². The van der Waals surface area contributed by atoms with Gasteiger partial charge in [0.05, 0.1) is 5.69 Å². The van der Waals surface area contributed by atoms with Crippen molar-refractivity contribution in [3.05, 3.63) is 71.3 Å². The van der Waals surface area contributed by atoms with Gasteiger partial charge in [-0.2, -0.15) is 0 Å². The molecule has 1 amide bonds. The molecule has 3 rings (SSSR count). The van der Waals surface area contributed by atoms with E-state index in [1.54, 1.807) is 42.5 Å². The first kappa shape index (κ1) is 15.1. The zero-order chi connectivity index (χ0) is 16.6. The van der Waals surface area contributed by atoms with Gasteiger partial charge in [-0.25, -0.2) is 0 Å². The van der Waals surface area contributed by atoms with E-state index < -0.39 is 11.7 Å². The van der Waals surface area contributed by atoms with Gasteiger partial charge in [-0.1, -0.05) is 60.2 Å². The summed E-state index contributed by atoms with van der Waals surface area (Å²) in [6, 6.07) is 15.7. The van der Waals surface area contributed by atoms with Crippen LogP contribution in [0.15, 0.2) is 60.2 Å².